The van der Waals surface area contributed by atoms with Crippen molar-refractivity contribution in [3.05, 3.63) is 95.5 Å². The number of halogens is 1. The summed E-state index contributed by atoms with van der Waals surface area (Å²) < 4.78 is 2.34. The van der Waals surface area contributed by atoms with E-state index in [4.69, 9.17) is 0 Å². The topological polar surface area (TPSA) is 22.4 Å². The van der Waals surface area contributed by atoms with E-state index in [0.29, 0.717) is 0 Å². The molecule has 0 unspecified atom stereocenters. The van der Waals surface area contributed by atoms with E-state index in [1.807, 2.05) is 11.8 Å². The normalized spacial score (nSPS) is 13.8. The molecule has 0 saturated heterocycles. The quantitative estimate of drug-likeness (QED) is 0.202. The van der Waals surface area contributed by atoms with Crippen molar-refractivity contribution in [2.24, 2.45) is 0 Å². The van der Waals surface area contributed by atoms with Crippen LogP contribution in [0.2, 0.25) is 0 Å². The molecule has 35 heavy (non-hydrogen) atoms. The SMILES string of the molecule is CN(C)CCCNc1cc(/C=C2\Sc3ccccc3N2C)c2ccccc2[n+]1-c1ccccc1.[I-]. The molecule has 2 heterocycles. The van der Waals surface area contributed by atoms with E-state index in [1.54, 1.807) is 0 Å². The molecule has 1 aromatic heterocycles. The van der Waals surface area contributed by atoms with Crippen molar-refractivity contribution < 1.29 is 28.5 Å². The van der Waals surface area contributed by atoms with E-state index < -0.39 is 0 Å². The number of rotatable bonds is 7. The molecule has 0 amide bonds. The average molecular weight is 595 g/mol. The first-order valence-corrected chi connectivity index (χ1v) is 12.6. The molecule has 0 atom stereocenters. The molecule has 3 aromatic carbocycles. The highest BCUT2D eigenvalue weighted by molar-refractivity contribution is 8.03. The molecule has 0 fully saturated rings. The van der Waals surface area contributed by atoms with Gasteiger partial charge in [-0.1, -0.05) is 60.3 Å². The summed E-state index contributed by atoms with van der Waals surface area (Å²) in [6, 6.07) is 30.2. The second-order valence-electron chi connectivity index (χ2n) is 8.87. The second kappa shape index (κ2) is 11.5. The van der Waals surface area contributed by atoms with Crippen molar-refractivity contribution in [1.29, 1.82) is 0 Å². The first-order chi connectivity index (χ1) is 16.6. The van der Waals surface area contributed by atoms with Crippen molar-refractivity contribution in [2.45, 2.75) is 11.3 Å². The molecule has 0 spiro atoms. The zero-order valence-corrected chi connectivity index (χ0v) is 23.4. The van der Waals surface area contributed by atoms with Crippen LogP contribution in [-0.2, 0) is 0 Å². The van der Waals surface area contributed by atoms with Gasteiger partial charge in [-0.2, -0.15) is 4.57 Å². The smallest absolute Gasteiger partial charge is 0.280 e. The number of fused-ring (bicyclic) bond motifs is 2. The molecule has 4 aromatic rings. The van der Waals surface area contributed by atoms with Crippen LogP contribution < -0.4 is 38.8 Å². The van der Waals surface area contributed by atoms with Crippen LogP contribution in [0.5, 0.6) is 0 Å². The maximum Gasteiger partial charge on any atom is 0.280 e. The van der Waals surface area contributed by atoms with Gasteiger partial charge in [-0.25, -0.2) is 0 Å². The molecular weight excluding hydrogens is 563 g/mol. The minimum absolute atomic E-state index is 0. The van der Waals surface area contributed by atoms with Gasteiger partial charge in [0.15, 0.2) is 0 Å². The number of nitrogens with one attached hydrogen (secondary N) is 1. The van der Waals surface area contributed by atoms with Gasteiger partial charge in [-0.3, -0.25) is 5.32 Å². The third-order valence-corrected chi connectivity index (χ3v) is 7.31. The summed E-state index contributed by atoms with van der Waals surface area (Å²) in [6.45, 7) is 1.97. The number of nitrogens with zero attached hydrogens (tertiary/aromatic N) is 3. The fourth-order valence-electron chi connectivity index (χ4n) is 4.43. The monoisotopic (exact) mass is 594 g/mol. The van der Waals surface area contributed by atoms with Crippen LogP contribution in [-0.4, -0.2) is 39.1 Å². The van der Waals surface area contributed by atoms with Crippen molar-refractivity contribution in [1.82, 2.24) is 4.90 Å². The summed E-state index contributed by atoms with van der Waals surface area (Å²) in [6.07, 6.45) is 3.41. The molecule has 0 aliphatic carbocycles. The summed E-state index contributed by atoms with van der Waals surface area (Å²) in [7, 11) is 6.40. The van der Waals surface area contributed by atoms with Crippen LogP contribution in [0.15, 0.2) is 94.9 Å². The average Bonchev–Trinajstić information content (AvgIpc) is 3.17. The second-order valence-corrected chi connectivity index (χ2v) is 9.93. The Balaban J connectivity index is 0.00000289. The van der Waals surface area contributed by atoms with Crippen LogP contribution in [0.4, 0.5) is 11.5 Å². The zero-order valence-electron chi connectivity index (χ0n) is 20.4. The molecule has 0 bridgehead atoms. The highest BCUT2D eigenvalue weighted by atomic mass is 127. The Labute approximate surface area is 229 Å². The fraction of sp³-hybridized carbons (Fsp3) is 0.207. The fourth-order valence-corrected chi connectivity index (χ4v) is 5.53. The predicted octanol–water partition coefficient (Wildman–Crippen LogP) is 3.02. The van der Waals surface area contributed by atoms with Gasteiger partial charge in [0.2, 0.25) is 0 Å². The summed E-state index contributed by atoms with van der Waals surface area (Å²) in [5, 5.41) is 6.22. The van der Waals surface area contributed by atoms with Crippen LogP contribution >= 0.6 is 11.8 Å². The number of benzene rings is 3. The Morgan fingerprint density at radius 3 is 2.43 bits per heavy atom. The Morgan fingerprint density at radius 2 is 1.66 bits per heavy atom. The van der Waals surface area contributed by atoms with Crippen molar-refractivity contribution in [3.63, 3.8) is 0 Å². The molecule has 6 heteroatoms. The first-order valence-electron chi connectivity index (χ1n) is 11.8. The predicted molar refractivity (Wildman–Crippen MR) is 146 cm³/mol. The highest BCUT2D eigenvalue weighted by Crippen LogP contribution is 2.45. The van der Waals surface area contributed by atoms with Gasteiger partial charge >= 0.3 is 0 Å². The molecule has 1 N–H and O–H groups in total. The van der Waals surface area contributed by atoms with E-state index >= 15 is 0 Å². The number of anilines is 2. The lowest BCUT2D eigenvalue weighted by atomic mass is 10.1. The number of para-hydroxylation sites is 3. The Bertz CT molecular complexity index is 1340. The molecule has 180 valence electrons. The zero-order chi connectivity index (χ0) is 23.5. The van der Waals surface area contributed by atoms with Gasteiger partial charge in [0.1, 0.15) is 11.2 Å². The summed E-state index contributed by atoms with van der Waals surface area (Å²) >= 11 is 1.83. The lowest BCUT2D eigenvalue weighted by Crippen LogP contribution is -3.00. The Kier molecular flexibility index (Phi) is 8.36. The van der Waals surface area contributed by atoms with Crippen molar-refractivity contribution >= 4 is 40.2 Å². The largest absolute Gasteiger partial charge is 1.00 e. The van der Waals surface area contributed by atoms with Gasteiger partial charge in [0, 0.05) is 29.9 Å². The van der Waals surface area contributed by atoms with Crippen molar-refractivity contribution in [3.8, 4) is 5.69 Å². The van der Waals surface area contributed by atoms with E-state index in [0.717, 1.165) is 31.0 Å². The maximum absolute atomic E-state index is 3.74. The van der Waals surface area contributed by atoms with Crippen molar-refractivity contribution in [2.75, 3.05) is 44.4 Å². The number of hydrogen-bond donors (Lipinski definition) is 1. The molecule has 1 aliphatic heterocycles. The molecule has 1 aliphatic rings. The Morgan fingerprint density at radius 1 is 0.943 bits per heavy atom. The lowest BCUT2D eigenvalue weighted by molar-refractivity contribution is -0.551. The van der Waals surface area contributed by atoms with Gasteiger partial charge < -0.3 is 33.8 Å². The maximum atomic E-state index is 3.74. The van der Waals surface area contributed by atoms with Crippen LogP contribution in [0.25, 0.3) is 22.7 Å². The first kappa shape index (κ1) is 25.5. The number of pyridine rings is 1. The van der Waals surface area contributed by atoms with Gasteiger partial charge in [-0.05, 0) is 62.5 Å². The van der Waals surface area contributed by atoms with Crippen LogP contribution in [0.3, 0.4) is 0 Å². The molecular formula is C29H31IN4S. The third kappa shape index (κ3) is 5.50. The third-order valence-electron chi connectivity index (χ3n) is 6.14. The minimum atomic E-state index is 0. The van der Waals surface area contributed by atoms with Gasteiger partial charge in [0.25, 0.3) is 5.82 Å². The number of thioether (sulfide) groups is 1. The van der Waals surface area contributed by atoms with E-state index in [2.05, 4.69) is 132 Å². The van der Waals surface area contributed by atoms with E-state index in [9.17, 15) is 0 Å². The summed E-state index contributed by atoms with van der Waals surface area (Å²) in [5.41, 5.74) is 4.84. The minimum Gasteiger partial charge on any atom is -1.00 e. The van der Waals surface area contributed by atoms with Crippen LogP contribution in [0, 0.1) is 0 Å². The number of aromatic nitrogens is 1. The summed E-state index contributed by atoms with van der Waals surface area (Å²) in [4.78, 5) is 5.82. The highest BCUT2D eigenvalue weighted by Gasteiger charge is 2.23. The van der Waals surface area contributed by atoms with E-state index in [-0.39, 0.29) is 24.0 Å². The molecule has 0 saturated carbocycles. The van der Waals surface area contributed by atoms with E-state index in [1.165, 1.54) is 32.1 Å². The Hall–Kier alpha value is -2.55. The van der Waals surface area contributed by atoms with Gasteiger partial charge in [0.05, 0.1) is 17.3 Å². The van der Waals surface area contributed by atoms with Crippen LogP contribution in [0.1, 0.15) is 12.0 Å². The summed E-state index contributed by atoms with van der Waals surface area (Å²) in [5.74, 6) is 1.11. The van der Waals surface area contributed by atoms with Gasteiger partial charge in [-0.15, -0.1) is 0 Å². The number of hydrogen-bond acceptors (Lipinski definition) is 4. The molecule has 5 rings (SSSR count). The molecule has 4 nitrogen and oxygen atoms in total. The molecule has 0 radical (unpaired) electrons. The standard InChI is InChI=1S/C29H30N4S.HI/c1-31(2)19-11-18-30-28-20-22(21-29-32(3)26-16-9-10-17-27(26)34-29)24-14-7-8-15-25(24)33(28)23-12-5-4-6-13-23;/h4-10,12-17,20-21H,11,18-19H2,1-3H3;1H/b29-21-;. The lowest BCUT2D eigenvalue weighted by Gasteiger charge is -2.16.